The number of carbonyl (C=O) groups is 1. The second-order valence-corrected chi connectivity index (χ2v) is 5.39. The van der Waals surface area contributed by atoms with Gasteiger partial charge in [0.15, 0.2) is 0 Å². The number of hydrogen-bond acceptors (Lipinski definition) is 3. The molecule has 0 saturated heterocycles. The minimum Gasteiger partial charge on any atom is -0.352 e. The zero-order chi connectivity index (χ0) is 16.1. The number of aromatic nitrogens is 3. The van der Waals surface area contributed by atoms with Gasteiger partial charge < -0.3 is 5.32 Å². The molecule has 1 aromatic carbocycles. The smallest absolute Gasteiger partial charge is 0.251 e. The van der Waals surface area contributed by atoms with Crippen LogP contribution in [0.2, 0.25) is 5.15 Å². The van der Waals surface area contributed by atoms with Gasteiger partial charge in [0.1, 0.15) is 5.15 Å². The van der Waals surface area contributed by atoms with E-state index in [2.05, 4.69) is 15.4 Å². The lowest BCUT2D eigenvalue weighted by Crippen LogP contribution is -2.25. The topological polar surface area (TPSA) is 59.8 Å². The van der Waals surface area contributed by atoms with Gasteiger partial charge in [-0.25, -0.2) is 9.67 Å². The van der Waals surface area contributed by atoms with Crippen molar-refractivity contribution in [3.05, 3.63) is 77.3 Å². The van der Waals surface area contributed by atoms with Gasteiger partial charge in [-0.2, -0.15) is 5.10 Å². The normalized spacial score (nSPS) is 10.5. The predicted molar refractivity (Wildman–Crippen MR) is 88.8 cm³/mol. The van der Waals surface area contributed by atoms with Crippen LogP contribution in [-0.4, -0.2) is 27.2 Å². The van der Waals surface area contributed by atoms with Crippen LogP contribution in [0.4, 0.5) is 0 Å². The van der Waals surface area contributed by atoms with E-state index < -0.39 is 0 Å². The van der Waals surface area contributed by atoms with E-state index in [-0.39, 0.29) is 5.91 Å². The molecule has 0 radical (unpaired) electrons. The lowest BCUT2D eigenvalue weighted by Gasteiger charge is -2.04. The molecule has 0 bridgehead atoms. The third-order valence-electron chi connectivity index (χ3n) is 3.34. The zero-order valence-corrected chi connectivity index (χ0v) is 13.1. The summed E-state index contributed by atoms with van der Waals surface area (Å²) >= 11 is 5.78. The molecule has 0 unspecified atom stereocenters. The van der Waals surface area contributed by atoms with Crippen molar-refractivity contribution in [3.63, 3.8) is 0 Å². The van der Waals surface area contributed by atoms with E-state index in [9.17, 15) is 4.79 Å². The molecule has 5 nitrogen and oxygen atoms in total. The Labute approximate surface area is 138 Å². The molecule has 0 aliphatic heterocycles. The first-order valence-corrected chi connectivity index (χ1v) is 7.59. The highest BCUT2D eigenvalue weighted by molar-refractivity contribution is 6.29. The van der Waals surface area contributed by atoms with Gasteiger partial charge >= 0.3 is 0 Å². The lowest BCUT2D eigenvalue weighted by atomic mass is 10.2. The summed E-state index contributed by atoms with van der Waals surface area (Å²) in [5.74, 6) is -0.162. The molecule has 116 valence electrons. The minimum absolute atomic E-state index is 0.162. The Morgan fingerprint density at radius 3 is 2.83 bits per heavy atom. The molecule has 2 aromatic heterocycles. The summed E-state index contributed by atoms with van der Waals surface area (Å²) in [7, 11) is 0. The Balaban J connectivity index is 1.55. The van der Waals surface area contributed by atoms with E-state index in [1.165, 1.54) is 6.20 Å². The van der Waals surface area contributed by atoms with Crippen molar-refractivity contribution in [3.8, 4) is 5.69 Å². The fourth-order valence-corrected chi connectivity index (χ4v) is 2.35. The molecule has 0 aliphatic carbocycles. The Morgan fingerprint density at radius 1 is 1.22 bits per heavy atom. The molecule has 0 atom stereocenters. The van der Waals surface area contributed by atoms with Crippen molar-refractivity contribution >= 4 is 17.5 Å². The Kier molecular flexibility index (Phi) is 4.68. The summed E-state index contributed by atoms with van der Waals surface area (Å²) in [6, 6.07) is 13.1. The molecule has 0 fully saturated rings. The summed E-state index contributed by atoms with van der Waals surface area (Å²) in [6.45, 7) is 0.527. The number of nitrogens with one attached hydrogen (secondary N) is 1. The first kappa shape index (κ1) is 15.2. The van der Waals surface area contributed by atoms with Gasteiger partial charge in [0.2, 0.25) is 0 Å². The van der Waals surface area contributed by atoms with Crippen molar-refractivity contribution < 1.29 is 4.79 Å². The molecule has 23 heavy (non-hydrogen) atoms. The van der Waals surface area contributed by atoms with E-state index in [1.807, 2.05) is 47.4 Å². The highest BCUT2D eigenvalue weighted by atomic mass is 35.5. The number of rotatable bonds is 5. The monoisotopic (exact) mass is 326 g/mol. The van der Waals surface area contributed by atoms with Gasteiger partial charge in [-0.05, 0) is 36.2 Å². The maximum absolute atomic E-state index is 12.0. The second-order valence-electron chi connectivity index (χ2n) is 5.00. The quantitative estimate of drug-likeness (QED) is 0.733. The number of carbonyl (C=O) groups excluding carboxylic acids is 1. The SMILES string of the molecule is O=C(NCCc1cnn(-c2ccccc2)c1)c1ccnc(Cl)c1. The highest BCUT2D eigenvalue weighted by Gasteiger charge is 2.06. The molecule has 0 aliphatic rings. The van der Waals surface area contributed by atoms with E-state index in [4.69, 9.17) is 11.6 Å². The van der Waals surface area contributed by atoms with Crippen LogP contribution < -0.4 is 5.32 Å². The van der Waals surface area contributed by atoms with Crippen LogP contribution in [-0.2, 0) is 6.42 Å². The van der Waals surface area contributed by atoms with Crippen LogP contribution in [0, 0.1) is 0 Å². The van der Waals surface area contributed by atoms with Gasteiger partial charge in [0, 0.05) is 24.5 Å². The Bertz CT molecular complexity index is 801. The molecule has 0 spiro atoms. The zero-order valence-electron chi connectivity index (χ0n) is 12.3. The van der Waals surface area contributed by atoms with Crippen molar-refractivity contribution in [2.75, 3.05) is 6.54 Å². The van der Waals surface area contributed by atoms with Crippen LogP contribution in [0.15, 0.2) is 61.1 Å². The van der Waals surface area contributed by atoms with Crippen LogP contribution in [0.1, 0.15) is 15.9 Å². The molecular weight excluding hydrogens is 312 g/mol. The average molecular weight is 327 g/mol. The predicted octanol–water partition coefficient (Wildman–Crippen LogP) is 2.89. The third kappa shape index (κ3) is 3.96. The van der Waals surface area contributed by atoms with Crippen LogP contribution >= 0.6 is 11.6 Å². The fraction of sp³-hybridized carbons (Fsp3) is 0.118. The molecular formula is C17H15ClN4O. The van der Waals surface area contributed by atoms with Gasteiger partial charge in [0.05, 0.1) is 11.9 Å². The van der Waals surface area contributed by atoms with Crippen LogP contribution in [0.5, 0.6) is 0 Å². The molecule has 1 N–H and O–H groups in total. The maximum Gasteiger partial charge on any atom is 0.251 e. The summed E-state index contributed by atoms with van der Waals surface area (Å²) in [5, 5.41) is 7.50. The maximum atomic E-state index is 12.0. The van der Waals surface area contributed by atoms with Gasteiger partial charge in [-0.15, -0.1) is 0 Å². The standard InChI is InChI=1S/C17H15ClN4O/c18-16-10-14(7-9-19-16)17(23)20-8-6-13-11-21-22(12-13)15-4-2-1-3-5-15/h1-5,7,9-12H,6,8H2,(H,20,23). The summed E-state index contributed by atoms with van der Waals surface area (Å²) in [6.07, 6.45) is 5.99. The Morgan fingerprint density at radius 2 is 2.04 bits per heavy atom. The molecule has 6 heteroatoms. The minimum atomic E-state index is -0.162. The van der Waals surface area contributed by atoms with E-state index >= 15 is 0 Å². The van der Waals surface area contributed by atoms with Gasteiger partial charge in [-0.3, -0.25) is 4.79 Å². The number of halogens is 1. The molecule has 3 aromatic rings. The molecule has 2 heterocycles. The van der Waals surface area contributed by atoms with Crippen LogP contribution in [0.25, 0.3) is 5.69 Å². The fourth-order valence-electron chi connectivity index (χ4n) is 2.18. The van der Waals surface area contributed by atoms with Crippen molar-refractivity contribution in [1.29, 1.82) is 0 Å². The summed E-state index contributed by atoms with van der Waals surface area (Å²) in [5.41, 5.74) is 2.57. The van der Waals surface area contributed by atoms with Gasteiger partial charge in [0.25, 0.3) is 5.91 Å². The van der Waals surface area contributed by atoms with Crippen molar-refractivity contribution in [2.24, 2.45) is 0 Å². The molecule has 1 amide bonds. The number of para-hydroxylation sites is 1. The molecule has 0 saturated carbocycles. The average Bonchev–Trinajstić information content (AvgIpc) is 3.04. The van der Waals surface area contributed by atoms with Gasteiger partial charge in [-0.1, -0.05) is 29.8 Å². The van der Waals surface area contributed by atoms with Crippen molar-refractivity contribution in [1.82, 2.24) is 20.1 Å². The number of hydrogen-bond donors (Lipinski definition) is 1. The summed E-state index contributed by atoms with van der Waals surface area (Å²) in [4.78, 5) is 15.9. The number of amides is 1. The largest absolute Gasteiger partial charge is 0.352 e. The second kappa shape index (κ2) is 7.07. The van der Waals surface area contributed by atoms with E-state index in [0.717, 1.165) is 11.3 Å². The number of benzene rings is 1. The first-order valence-electron chi connectivity index (χ1n) is 7.21. The lowest BCUT2D eigenvalue weighted by molar-refractivity contribution is 0.0954. The van der Waals surface area contributed by atoms with Crippen molar-refractivity contribution in [2.45, 2.75) is 6.42 Å². The Hall–Kier alpha value is -2.66. The molecule has 3 rings (SSSR count). The van der Waals surface area contributed by atoms with E-state index in [0.29, 0.717) is 23.7 Å². The summed E-state index contributed by atoms with van der Waals surface area (Å²) < 4.78 is 1.82. The number of pyridine rings is 1. The number of nitrogens with zero attached hydrogens (tertiary/aromatic N) is 3. The van der Waals surface area contributed by atoms with Crippen LogP contribution in [0.3, 0.4) is 0 Å². The highest BCUT2D eigenvalue weighted by Crippen LogP contribution is 2.09. The first-order chi connectivity index (χ1) is 11.2. The third-order valence-corrected chi connectivity index (χ3v) is 3.55. The van der Waals surface area contributed by atoms with E-state index in [1.54, 1.807) is 12.1 Å².